The van der Waals surface area contributed by atoms with Gasteiger partial charge in [0.05, 0.1) is 5.69 Å². The summed E-state index contributed by atoms with van der Waals surface area (Å²) in [5, 5.41) is 12.7. The highest BCUT2D eigenvalue weighted by Crippen LogP contribution is 2.54. The molecule has 4 aliphatic rings. The molecule has 0 amide bonds. The van der Waals surface area contributed by atoms with Crippen molar-refractivity contribution in [3.8, 4) is 6.07 Å². The van der Waals surface area contributed by atoms with E-state index in [0.717, 1.165) is 23.7 Å². The van der Waals surface area contributed by atoms with Crippen LogP contribution in [0.3, 0.4) is 0 Å². The van der Waals surface area contributed by atoms with Gasteiger partial charge in [0.2, 0.25) is 0 Å². The third kappa shape index (κ3) is 1.82. The molecule has 2 nitrogen and oxygen atoms in total. The van der Waals surface area contributed by atoms with Crippen LogP contribution in [0.2, 0.25) is 0 Å². The number of benzene rings is 1. The van der Waals surface area contributed by atoms with Crippen LogP contribution in [0.1, 0.15) is 37.7 Å². The van der Waals surface area contributed by atoms with Gasteiger partial charge in [0.25, 0.3) is 0 Å². The van der Waals surface area contributed by atoms with E-state index in [2.05, 4.69) is 5.32 Å². The number of anilines is 1. The number of rotatable bonds is 2. The largest absolute Gasteiger partial charge is 0.381 e. The van der Waals surface area contributed by atoms with E-state index < -0.39 is 5.82 Å². The summed E-state index contributed by atoms with van der Waals surface area (Å²) in [6.45, 7) is 0. The lowest BCUT2D eigenvalue weighted by Gasteiger charge is -2.54. The Morgan fingerprint density at radius 1 is 1.05 bits per heavy atom. The molecule has 0 aliphatic heterocycles. The van der Waals surface area contributed by atoms with Crippen LogP contribution in [0, 0.1) is 40.8 Å². The fourth-order valence-corrected chi connectivity index (χ4v) is 5.10. The van der Waals surface area contributed by atoms with Gasteiger partial charge in [-0.2, -0.15) is 5.26 Å². The number of nitrogens with zero attached hydrogens (tertiary/aromatic N) is 1. The zero-order valence-electron chi connectivity index (χ0n) is 11.5. The zero-order valence-corrected chi connectivity index (χ0v) is 11.5. The van der Waals surface area contributed by atoms with Gasteiger partial charge in [0.1, 0.15) is 17.4 Å². The van der Waals surface area contributed by atoms with E-state index in [4.69, 9.17) is 5.26 Å². The van der Waals surface area contributed by atoms with Crippen LogP contribution in [0.25, 0.3) is 0 Å². The molecule has 3 heteroatoms. The van der Waals surface area contributed by atoms with Gasteiger partial charge in [-0.25, -0.2) is 4.39 Å². The van der Waals surface area contributed by atoms with E-state index in [1.165, 1.54) is 38.2 Å². The summed E-state index contributed by atoms with van der Waals surface area (Å²) in [6, 6.07) is 7.33. The van der Waals surface area contributed by atoms with Crippen LogP contribution in [-0.2, 0) is 0 Å². The van der Waals surface area contributed by atoms with E-state index in [0.29, 0.717) is 11.7 Å². The second kappa shape index (κ2) is 4.48. The Balaban J connectivity index is 1.61. The average Bonchev–Trinajstić information content (AvgIpc) is 2.42. The van der Waals surface area contributed by atoms with Crippen molar-refractivity contribution in [3.05, 3.63) is 29.6 Å². The molecule has 0 atom stereocenters. The van der Waals surface area contributed by atoms with Gasteiger partial charge in [-0.15, -0.1) is 0 Å². The molecular weight excluding hydrogens is 251 g/mol. The monoisotopic (exact) mass is 270 g/mol. The van der Waals surface area contributed by atoms with Crippen LogP contribution in [0.5, 0.6) is 0 Å². The molecule has 1 aromatic rings. The summed E-state index contributed by atoms with van der Waals surface area (Å²) in [5.41, 5.74) is 0.853. The molecule has 4 bridgehead atoms. The second-order valence-electron chi connectivity index (χ2n) is 6.88. The predicted octanol–water partition coefficient (Wildman–Crippen LogP) is 3.93. The van der Waals surface area contributed by atoms with Crippen molar-refractivity contribution in [1.82, 2.24) is 0 Å². The molecular formula is C17H19FN2. The van der Waals surface area contributed by atoms with Crippen molar-refractivity contribution in [3.63, 3.8) is 0 Å². The van der Waals surface area contributed by atoms with Gasteiger partial charge in [-0.3, -0.25) is 0 Å². The summed E-state index contributed by atoms with van der Waals surface area (Å²) in [7, 11) is 0. The third-order valence-electron chi connectivity index (χ3n) is 5.67. The number of hydrogen-bond acceptors (Lipinski definition) is 2. The SMILES string of the molecule is N#Cc1c(F)cccc1NC1C2CC3CC(C2)CC1C3. The Bertz CT molecular complexity index is 547. The van der Waals surface area contributed by atoms with Crippen molar-refractivity contribution in [1.29, 1.82) is 5.26 Å². The molecule has 4 fully saturated rings. The topological polar surface area (TPSA) is 35.8 Å². The first-order valence-corrected chi connectivity index (χ1v) is 7.69. The van der Waals surface area contributed by atoms with E-state index in [9.17, 15) is 4.39 Å². The van der Waals surface area contributed by atoms with Crippen molar-refractivity contribution >= 4 is 5.69 Å². The maximum Gasteiger partial charge on any atom is 0.143 e. The molecule has 0 heterocycles. The van der Waals surface area contributed by atoms with E-state index in [1.807, 2.05) is 12.1 Å². The lowest BCUT2D eigenvalue weighted by molar-refractivity contribution is 0.00752. The van der Waals surface area contributed by atoms with Gasteiger partial charge >= 0.3 is 0 Å². The molecule has 4 saturated carbocycles. The van der Waals surface area contributed by atoms with Crippen LogP contribution in [0.4, 0.5) is 10.1 Å². The number of hydrogen-bond donors (Lipinski definition) is 1. The lowest BCUT2D eigenvalue weighted by atomic mass is 9.54. The van der Waals surface area contributed by atoms with Crippen LogP contribution < -0.4 is 5.32 Å². The van der Waals surface area contributed by atoms with Gasteiger partial charge in [-0.05, 0) is 67.9 Å². The number of nitrogens with one attached hydrogen (secondary N) is 1. The minimum absolute atomic E-state index is 0.168. The summed E-state index contributed by atoms with van der Waals surface area (Å²) < 4.78 is 13.7. The Hall–Kier alpha value is -1.56. The van der Waals surface area contributed by atoms with E-state index in [1.54, 1.807) is 6.07 Å². The molecule has 0 radical (unpaired) electrons. The van der Waals surface area contributed by atoms with Crippen molar-refractivity contribution in [2.24, 2.45) is 23.7 Å². The molecule has 1 N–H and O–H groups in total. The molecule has 0 saturated heterocycles. The maximum atomic E-state index is 13.7. The van der Waals surface area contributed by atoms with Crippen molar-refractivity contribution in [2.75, 3.05) is 5.32 Å². The summed E-state index contributed by atoms with van der Waals surface area (Å²) in [6.07, 6.45) is 6.72. The first-order valence-electron chi connectivity index (χ1n) is 7.69. The van der Waals surface area contributed by atoms with Gasteiger partial charge in [0, 0.05) is 6.04 Å². The van der Waals surface area contributed by atoms with Gasteiger partial charge < -0.3 is 5.32 Å². The van der Waals surface area contributed by atoms with E-state index >= 15 is 0 Å². The predicted molar refractivity (Wildman–Crippen MR) is 75.6 cm³/mol. The van der Waals surface area contributed by atoms with E-state index in [-0.39, 0.29) is 5.56 Å². The molecule has 1 aromatic carbocycles. The minimum atomic E-state index is -0.415. The average molecular weight is 270 g/mol. The fourth-order valence-electron chi connectivity index (χ4n) is 5.10. The summed E-state index contributed by atoms with van der Waals surface area (Å²) in [4.78, 5) is 0. The molecule has 0 unspecified atom stereocenters. The molecule has 0 spiro atoms. The molecule has 0 aromatic heterocycles. The third-order valence-corrected chi connectivity index (χ3v) is 5.67. The molecule has 5 rings (SSSR count). The Morgan fingerprint density at radius 2 is 1.70 bits per heavy atom. The van der Waals surface area contributed by atoms with Crippen molar-refractivity contribution in [2.45, 2.75) is 38.1 Å². The Morgan fingerprint density at radius 3 is 2.30 bits per heavy atom. The normalized spacial score (nSPS) is 37.7. The highest BCUT2D eigenvalue weighted by molar-refractivity contribution is 5.58. The first kappa shape index (κ1) is 12.2. The standard InChI is InChI=1S/C17H19FN2/c18-15-2-1-3-16(14(15)9-19)20-17-12-5-10-4-11(7-12)8-13(17)6-10/h1-3,10-13,17,20H,4-8H2. The molecule has 4 aliphatic carbocycles. The summed E-state index contributed by atoms with van der Waals surface area (Å²) in [5.74, 6) is 2.89. The highest BCUT2D eigenvalue weighted by Gasteiger charge is 2.48. The second-order valence-corrected chi connectivity index (χ2v) is 6.88. The van der Waals surface area contributed by atoms with Crippen molar-refractivity contribution < 1.29 is 4.39 Å². The number of halogens is 1. The first-order chi connectivity index (χ1) is 9.74. The number of nitriles is 1. The quantitative estimate of drug-likeness (QED) is 0.883. The Labute approximate surface area is 119 Å². The van der Waals surface area contributed by atoms with Crippen LogP contribution in [-0.4, -0.2) is 6.04 Å². The van der Waals surface area contributed by atoms with Gasteiger partial charge in [0.15, 0.2) is 0 Å². The maximum absolute atomic E-state index is 13.7. The highest BCUT2D eigenvalue weighted by atomic mass is 19.1. The van der Waals surface area contributed by atoms with Crippen LogP contribution in [0.15, 0.2) is 18.2 Å². The Kier molecular flexibility index (Phi) is 2.73. The minimum Gasteiger partial charge on any atom is -0.381 e. The zero-order chi connectivity index (χ0) is 13.7. The molecule has 20 heavy (non-hydrogen) atoms. The molecule has 104 valence electrons. The van der Waals surface area contributed by atoms with Crippen LogP contribution >= 0.6 is 0 Å². The smallest absolute Gasteiger partial charge is 0.143 e. The fraction of sp³-hybridized carbons (Fsp3) is 0.588. The van der Waals surface area contributed by atoms with Gasteiger partial charge in [-0.1, -0.05) is 6.07 Å². The lowest BCUT2D eigenvalue weighted by Crippen LogP contribution is -2.51. The summed E-state index contributed by atoms with van der Waals surface area (Å²) >= 11 is 0.